The molecule has 0 N–H and O–H groups in total. The molecule has 25 heavy (non-hydrogen) atoms. The molecule has 1 fully saturated rings. The molecule has 7 heteroatoms. The summed E-state index contributed by atoms with van der Waals surface area (Å²) in [5.41, 5.74) is 0.911. The third kappa shape index (κ3) is 4.42. The molecule has 0 radical (unpaired) electrons. The van der Waals surface area contributed by atoms with E-state index in [-0.39, 0.29) is 5.82 Å². The molecule has 6 nitrogen and oxygen atoms in total. The van der Waals surface area contributed by atoms with Gasteiger partial charge in [0.25, 0.3) is 0 Å². The molecule has 3 heterocycles. The Morgan fingerprint density at radius 1 is 1.28 bits per heavy atom. The van der Waals surface area contributed by atoms with Crippen molar-refractivity contribution in [2.45, 2.75) is 25.4 Å². The normalized spacial score (nSPS) is 18.2. The molecule has 1 unspecified atom stereocenters. The van der Waals surface area contributed by atoms with E-state index in [1.165, 1.54) is 6.20 Å². The van der Waals surface area contributed by atoms with Crippen LogP contribution in [0.1, 0.15) is 18.4 Å². The Morgan fingerprint density at radius 2 is 2.12 bits per heavy atom. The van der Waals surface area contributed by atoms with Crippen LogP contribution in [0.5, 0.6) is 0 Å². The van der Waals surface area contributed by atoms with Gasteiger partial charge in [0.05, 0.1) is 6.20 Å². The summed E-state index contributed by atoms with van der Waals surface area (Å²) in [5.74, 6) is 1.36. The van der Waals surface area contributed by atoms with Gasteiger partial charge in [0.1, 0.15) is 11.6 Å². The van der Waals surface area contributed by atoms with Gasteiger partial charge in [-0.3, -0.25) is 9.88 Å². The molecule has 0 bridgehead atoms. The zero-order chi connectivity index (χ0) is 17.8. The fourth-order valence-electron chi connectivity index (χ4n) is 3.21. The van der Waals surface area contributed by atoms with E-state index in [1.807, 2.05) is 32.1 Å². The first-order chi connectivity index (χ1) is 12.0. The lowest BCUT2D eigenvalue weighted by molar-refractivity contribution is 0.197. The highest BCUT2D eigenvalue weighted by Gasteiger charge is 2.25. The first-order valence-electron chi connectivity index (χ1n) is 8.58. The summed E-state index contributed by atoms with van der Waals surface area (Å²) < 4.78 is 13.3. The molecule has 2 aromatic rings. The SMILES string of the molecule is CN(C)c1ccnc(N(C)C2CCCN(Cc3cncc(F)c3)C2)n1. The van der Waals surface area contributed by atoms with E-state index >= 15 is 0 Å². The molecule has 1 saturated heterocycles. The minimum Gasteiger partial charge on any atom is -0.363 e. The van der Waals surface area contributed by atoms with Crippen molar-refractivity contribution in [1.82, 2.24) is 19.9 Å². The summed E-state index contributed by atoms with van der Waals surface area (Å²) in [5, 5.41) is 0. The van der Waals surface area contributed by atoms with E-state index in [2.05, 4.69) is 24.8 Å². The van der Waals surface area contributed by atoms with E-state index in [0.29, 0.717) is 12.6 Å². The summed E-state index contributed by atoms with van der Waals surface area (Å²) in [4.78, 5) is 19.5. The lowest BCUT2D eigenvalue weighted by Crippen LogP contribution is -2.46. The lowest BCUT2D eigenvalue weighted by atomic mass is 10.0. The number of anilines is 2. The number of pyridine rings is 1. The van der Waals surface area contributed by atoms with Gasteiger partial charge in [-0.05, 0) is 37.1 Å². The fraction of sp³-hybridized carbons (Fsp3) is 0.500. The van der Waals surface area contributed by atoms with E-state index < -0.39 is 0 Å². The van der Waals surface area contributed by atoms with E-state index in [4.69, 9.17) is 0 Å². The molecule has 1 aliphatic heterocycles. The van der Waals surface area contributed by atoms with Gasteiger partial charge in [-0.15, -0.1) is 0 Å². The number of halogens is 1. The van der Waals surface area contributed by atoms with Crippen molar-refractivity contribution >= 4 is 11.8 Å². The Bertz CT molecular complexity index is 707. The van der Waals surface area contributed by atoms with Gasteiger partial charge >= 0.3 is 0 Å². The van der Waals surface area contributed by atoms with Crippen LogP contribution >= 0.6 is 0 Å². The summed E-state index contributed by atoms with van der Waals surface area (Å²) in [7, 11) is 6.00. The second kappa shape index (κ2) is 7.74. The third-order valence-electron chi connectivity index (χ3n) is 4.60. The number of piperidine rings is 1. The zero-order valence-corrected chi connectivity index (χ0v) is 15.1. The Labute approximate surface area is 148 Å². The molecule has 0 saturated carbocycles. The molecule has 0 spiro atoms. The predicted octanol–water partition coefficient (Wildman–Crippen LogP) is 2.18. The monoisotopic (exact) mass is 344 g/mol. The quantitative estimate of drug-likeness (QED) is 0.829. The number of aromatic nitrogens is 3. The molecular formula is C18H25FN6. The van der Waals surface area contributed by atoms with Gasteiger partial charge in [-0.2, -0.15) is 4.98 Å². The molecule has 2 aromatic heterocycles. The summed E-state index contributed by atoms with van der Waals surface area (Å²) in [6.07, 6.45) is 6.98. The number of hydrogen-bond donors (Lipinski definition) is 0. The highest BCUT2D eigenvalue weighted by Crippen LogP contribution is 2.21. The second-order valence-corrected chi connectivity index (χ2v) is 6.76. The largest absolute Gasteiger partial charge is 0.363 e. The number of likely N-dealkylation sites (N-methyl/N-ethyl adjacent to an activating group) is 1. The maximum Gasteiger partial charge on any atom is 0.227 e. The Morgan fingerprint density at radius 3 is 2.88 bits per heavy atom. The van der Waals surface area contributed by atoms with Gasteiger partial charge in [0.2, 0.25) is 5.95 Å². The summed E-state index contributed by atoms with van der Waals surface area (Å²) >= 11 is 0. The molecule has 3 rings (SSSR count). The molecule has 1 atom stereocenters. The number of nitrogens with zero attached hydrogens (tertiary/aromatic N) is 6. The van der Waals surface area contributed by atoms with Crippen LogP contribution < -0.4 is 9.80 Å². The first-order valence-corrected chi connectivity index (χ1v) is 8.58. The smallest absolute Gasteiger partial charge is 0.227 e. The van der Waals surface area contributed by atoms with Gasteiger partial charge in [0.15, 0.2) is 0 Å². The molecule has 134 valence electrons. The van der Waals surface area contributed by atoms with E-state index in [0.717, 1.165) is 43.3 Å². The summed E-state index contributed by atoms with van der Waals surface area (Å²) in [6.45, 7) is 2.63. The van der Waals surface area contributed by atoms with Crippen molar-refractivity contribution in [2.24, 2.45) is 0 Å². The zero-order valence-electron chi connectivity index (χ0n) is 15.1. The van der Waals surface area contributed by atoms with Crippen LogP contribution in [0.2, 0.25) is 0 Å². The highest BCUT2D eigenvalue weighted by molar-refractivity contribution is 5.42. The number of rotatable bonds is 5. The first kappa shape index (κ1) is 17.5. The van der Waals surface area contributed by atoms with Gasteiger partial charge in [-0.25, -0.2) is 9.37 Å². The van der Waals surface area contributed by atoms with Crippen molar-refractivity contribution in [3.8, 4) is 0 Å². The Balaban J connectivity index is 1.67. The van der Waals surface area contributed by atoms with Crippen LogP contribution in [0, 0.1) is 5.82 Å². The maximum absolute atomic E-state index is 13.3. The number of likely N-dealkylation sites (tertiary alicyclic amines) is 1. The van der Waals surface area contributed by atoms with Crippen LogP contribution in [0.4, 0.5) is 16.2 Å². The summed E-state index contributed by atoms with van der Waals surface area (Å²) in [6, 6.07) is 3.80. The van der Waals surface area contributed by atoms with E-state index in [1.54, 1.807) is 18.5 Å². The van der Waals surface area contributed by atoms with E-state index in [9.17, 15) is 4.39 Å². The van der Waals surface area contributed by atoms with Gasteiger partial charge in [0, 0.05) is 52.7 Å². The average molecular weight is 344 g/mol. The predicted molar refractivity (Wildman–Crippen MR) is 97.3 cm³/mol. The van der Waals surface area contributed by atoms with Gasteiger partial charge in [-0.1, -0.05) is 0 Å². The maximum atomic E-state index is 13.3. The molecular weight excluding hydrogens is 319 g/mol. The fourth-order valence-corrected chi connectivity index (χ4v) is 3.21. The minimum absolute atomic E-state index is 0.280. The minimum atomic E-state index is -0.280. The van der Waals surface area contributed by atoms with Crippen molar-refractivity contribution in [3.05, 3.63) is 42.1 Å². The van der Waals surface area contributed by atoms with Crippen molar-refractivity contribution in [2.75, 3.05) is 44.0 Å². The third-order valence-corrected chi connectivity index (χ3v) is 4.60. The molecule has 1 aliphatic rings. The average Bonchev–Trinajstić information content (AvgIpc) is 2.61. The lowest BCUT2D eigenvalue weighted by Gasteiger charge is -2.37. The molecule has 0 aliphatic carbocycles. The second-order valence-electron chi connectivity index (χ2n) is 6.76. The van der Waals surface area contributed by atoms with Crippen molar-refractivity contribution in [1.29, 1.82) is 0 Å². The molecule has 0 aromatic carbocycles. The Hall–Kier alpha value is -2.28. The standard InChI is InChI=1S/C18H25FN6/c1-23(2)17-6-7-21-18(22-17)24(3)16-5-4-8-25(13-16)12-14-9-15(19)11-20-10-14/h6-7,9-11,16H,4-5,8,12-13H2,1-3H3. The van der Waals surface area contributed by atoms with Gasteiger partial charge < -0.3 is 9.80 Å². The van der Waals surface area contributed by atoms with Crippen LogP contribution in [-0.4, -0.2) is 60.1 Å². The van der Waals surface area contributed by atoms with Crippen LogP contribution in [0.3, 0.4) is 0 Å². The van der Waals surface area contributed by atoms with Crippen LogP contribution in [0.25, 0.3) is 0 Å². The van der Waals surface area contributed by atoms with Crippen molar-refractivity contribution in [3.63, 3.8) is 0 Å². The Kier molecular flexibility index (Phi) is 5.43. The highest BCUT2D eigenvalue weighted by atomic mass is 19.1. The molecule has 0 amide bonds. The number of hydrogen-bond acceptors (Lipinski definition) is 6. The van der Waals surface area contributed by atoms with Crippen molar-refractivity contribution < 1.29 is 4.39 Å². The van der Waals surface area contributed by atoms with Crippen LogP contribution in [-0.2, 0) is 6.54 Å². The topological polar surface area (TPSA) is 48.4 Å². The van der Waals surface area contributed by atoms with Crippen LogP contribution in [0.15, 0.2) is 30.7 Å².